The molecular formula is C14H19N3O. The standard InChI is InChI=1S/C14H19N3O/c1-10-6-12(8-15)7-14(16-10)17(3)9-13-5-4-11(2)18-13/h4-7H,8-9,15H2,1-3H3. The number of hydrogen-bond acceptors (Lipinski definition) is 4. The molecule has 0 amide bonds. The predicted octanol–water partition coefficient (Wildman–Crippen LogP) is 2.39. The average Bonchev–Trinajstić information content (AvgIpc) is 2.73. The summed E-state index contributed by atoms with van der Waals surface area (Å²) in [5.74, 6) is 2.79. The Bertz CT molecular complexity index is 534. The summed E-state index contributed by atoms with van der Waals surface area (Å²) in [6.45, 7) is 5.16. The first-order chi connectivity index (χ1) is 8.58. The predicted molar refractivity (Wildman–Crippen MR) is 72.4 cm³/mol. The van der Waals surface area contributed by atoms with Gasteiger partial charge in [-0.05, 0) is 43.7 Å². The monoisotopic (exact) mass is 245 g/mol. The summed E-state index contributed by atoms with van der Waals surface area (Å²) in [6.07, 6.45) is 0. The SMILES string of the molecule is Cc1cc(CN)cc(N(C)Cc2ccc(C)o2)n1. The lowest BCUT2D eigenvalue weighted by atomic mass is 10.2. The fourth-order valence-corrected chi connectivity index (χ4v) is 1.92. The molecule has 2 aromatic heterocycles. The number of nitrogens with two attached hydrogens (primary N) is 1. The van der Waals surface area contributed by atoms with E-state index in [1.165, 1.54) is 0 Å². The summed E-state index contributed by atoms with van der Waals surface area (Å²) in [6, 6.07) is 7.99. The maximum absolute atomic E-state index is 5.68. The summed E-state index contributed by atoms with van der Waals surface area (Å²) in [7, 11) is 2.00. The molecule has 2 aromatic rings. The summed E-state index contributed by atoms with van der Waals surface area (Å²) in [4.78, 5) is 6.57. The van der Waals surface area contributed by atoms with Crippen LogP contribution in [0.5, 0.6) is 0 Å². The first kappa shape index (κ1) is 12.6. The zero-order valence-corrected chi connectivity index (χ0v) is 11.1. The Balaban J connectivity index is 2.17. The van der Waals surface area contributed by atoms with Gasteiger partial charge >= 0.3 is 0 Å². The molecule has 18 heavy (non-hydrogen) atoms. The number of furan rings is 1. The number of nitrogens with zero attached hydrogens (tertiary/aromatic N) is 2. The van der Waals surface area contributed by atoms with E-state index < -0.39 is 0 Å². The second-order valence-corrected chi connectivity index (χ2v) is 4.55. The normalized spacial score (nSPS) is 10.7. The fraction of sp³-hybridized carbons (Fsp3) is 0.357. The Morgan fingerprint density at radius 3 is 2.67 bits per heavy atom. The van der Waals surface area contributed by atoms with Crippen LogP contribution in [0.2, 0.25) is 0 Å². The van der Waals surface area contributed by atoms with Crippen LogP contribution in [0.25, 0.3) is 0 Å². The van der Waals surface area contributed by atoms with Crippen molar-refractivity contribution in [3.63, 3.8) is 0 Å². The van der Waals surface area contributed by atoms with Crippen molar-refractivity contribution in [1.29, 1.82) is 0 Å². The minimum absolute atomic E-state index is 0.532. The third kappa shape index (κ3) is 2.90. The van der Waals surface area contributed by atoms with Gasteiger partial charge in [0.05, 0.1) is 6.54 Å². The number of aryl methyl sites for hydroxylation is 2. The first-order valence-electron chi connectivity index (χ1n) is 6.02. The first-order valence-corrected chi connectivity index (χ1v) is 6.02. The van der Waals surface area contributed by atoms with Gasteiger partial charge in [0.15, 0.2) is 0 Å². The quantitative estimate of drug-likeness (QED) is 0.898. The van der Waals surface area contributed by atoms with Crippen LogP contribution in [-0.4, -0.2) is 12.0 Å². The van der Waals surface area contributed by atoms with Gasteiger partial charge in [-0.25, -0.2) is 4.98 Å². The van der Waals surface area contributed by atoms with Gasteiger partial charge in [0.2, 0.25) is 0 Å². The topological polar surface area (TPSA) is 55.3 Å². The van der Waals surface area contributed by atoms with Crippen LogP contribution in [-0.2, 0) is 13.1 Å². The molecule has 0 fully saturated rings. The van der Waals surface area contributed by atoms with E-state index in [2.05, 4.69) is 9.88 Å². The van der Waals surface area contributed by atoms with Crippen LogP contribution >= 0.6 is 0 Å². The van der Waals surface area contributed by atoms with E-state index in [0.29, 0.717) is 13.1 Å². The minimum Gasteiger partial charge on any atom is -0.464 e. The highest BCUT2D eigenvalue weighted by molar-refractivity contribution is 5.42. The molecule has 0 unspecified atom stereocenters. The molecular weight excluding hydrogens is 226 g/mol. The van der Waals surface area contributed by atoms with E-state index in [9.17, 15) is 0 Å². The molecule has 4 heteroatoms. The van der Waals surface area contributed by atoms with Gasteiger partial charge in [-0.15, -0.1) is 0 Å². The number of hydrogen-bond donors (Lipinski definition) is 1. The lowest BCUT2D eigenvalue weighted by molar-refractivity contribution is 0.481. The summed E-state index contributed by atoms with van der Waals surface area (Å²) in [5.41, 5.74) is 7.76. The molecule has 0 aliphatic carbocycles. The maximum atomic E-state index is 5.68. The van der Waals surface area contributed by atoms with Crippen LogP contribution in [0.4, 0.5) is 5.82 Å². The molecule has 0 spiro atoms. The van der Waals surface area contributed by atoms with Crippen molar-refractivity contribution in [2.24, 2.45) is 5.73 Å². The van der Waals surface area contributed by atoms with Crippen LogP contribution < -0.4 is 10.6 Å². The highest BCUT2D eigenvalue weighted by Gasteiger charge is 2.08. The molecule has 0 aromatic carbocycles. The number of pyridine rings is 1. The van der Waals surface area contributed by atoms with Gasteiger partial charge in [0.25, 0.3) is 0 Å². The highest BCUT2D eigenvalue weighted by Crippen LogP contribution is 2.17. The van der Waals surface area contributed by atoms with Gasteiger partial charge in [0, 0.05) is 19.3 Å². The van der Waals surface area contributed by atoms with E-state index >= 15 is 0 Å². The molecule has 0 bridgehead atoms. The Morgan fingerprint density at radius 2 is 2.06 bits per heavy atom. The Morgan fingerprint density at radius 1 is 1.28 bits per heavy atom. The molecule has 0 saturated heterocycles. The molecule has 0 aliphatic rings. The van der Waals surface area contributed by atoms with Crippen molar-refractivity contribution >= 4 is 5.82 Å². The Labute approximate surface area is 107 Å². The van der Waals surface area contributed by atoms with E-state index in [1.54, 1.807) is 0 Å². The average molecular weight is 245 g/mol. The second-order valence-electron chi connectivity index (χ2n) is 4.55. The number of aromatic nitrogens is 1. The zero-order chi connectivity index (χ0) is 13.1. The number of rotatable bonds is 4. The van der Waals surface area contributed by atoms with Crippen molar-refractivity contribution < 1.29 is 4.42 Å². The summed E-state index contributed by atoms with van der Waals surface area (Å²) in [5, 5.41) is 0. The third-order valence-corrected chi connectivity index (χ3v) is 2.82. The third-order valence-electron chi connectivity index (χ3n) is 2.82. The Hall–Kier alpha value is -1.81. The van der Waals surface area contributed by atoms with Gasteiger partial charge in [-0.2, -0.15) is 0 Å². The molecule has 96 valence electrons. The van der Waals surface area contributed by atoms with Gasteiger partial charge < -0.3 is 15.1 Å². The smallest absolute Gasteiger partial charge is 0.129 e. The van der Waals surface area contributed by atoms with Crippen molar-refractivity contribution in [2.45, 2.75) is 26.9 Å². The maximum Gasteiger partial charge on any atom is 0.129 e. The van der Waals surface area contributed by atoms with Crippen LogP contribution in [0, 0.1) is 13.8 Å². The highest BCUT2D eigenvalue weighted by atomic mass is 16.3. The van der Waals surface area contributed by atoms with Gasteiger partial charge in [-0.1, -0.05) is 0 Å². The van der Waals surface area contributed by atoms with E-state index in [4.69, 9.17) is 10.2 Å². The molecule has 4 nitrogen and oxygen atoms in total. The molecule has 0 saturated carbocycles. The largest absolute Gasteiger partial charge is 0.464 e. The van der Waals surface area contributed by atoms with E-state index in [-0.39, 0.29) is 0 Å². The Kier molecular flexibility index (Phi) is 3.67. The molecule has 2 N–H and O–H groups in total. The van der Waals surface area contributed by atoms with Crippen LogP contribution in [0.3, 0.4) is 0 Å². The van der Waals surface area contributed by atoms with Gasteiger partial charge in [0.1, 0.15) is 17.3 Å². The van der Waals surface area contributed by atoms with Crippen molar-refractivity contribution in [3.8, 4) is 0 Å². The van der Waals surface area contributed by atoms with E-state index in [0.717, 1.165) is 28.6 Å². The lowest BCUT2D eigenvalue weighted by Crippen LogP contribution is -2.18. The molecule has 2 rings (SSSR count). The molecule has 0 atom stereocenters. The van der Waals surface area contributed by atoms with Crippen molar-refractivity contribution in [3.05, 3.63) is 47.0 Å². The summed E-state index contributed by atoms with van der Waals surface area (Å²) >= 11 is 0. The summed E-state index contributed by atoms with van der Waals surface area (Å²) < 4.78 is 5.57. The van der Waals surface area contributed by atoms with E-state index in [1.807, 2.05) is 45.2 Å². The zero-order valence-electron chi connectivity index (χ0n) is 11.1. The van der Waals surface area contributed by atoms with Crippen LogP contribution in [0.1, 0.15) is 22.8 Å². The molecule has 2 heterocycles. The van der Waals surface area contributed by atoms with Crippen molar-refractivity contribution in [2.75, 3.05) is 11.9 Å². The fourth-order valence-electron chi connectivity index (χ4n) is 1.92. The lowest BCUT2D eigenvalue weighted by Gasteiger charge is -2.18. The number of anilines is 1. The molecule has 0 aliphatic heterocycles. The van der Waals surface area contributed by atoms with Crippen LogP contribution in [0.15, 0.2) is 28.7 Å². The molecule has 0 radical (unpaired) electrons. The van der Waals surface area contributed by atoms with Gasteiger partial charge in [-0.3, -0.25) is 0 Å². The van der Waals surface area contributed by atoms with Crippen molar-refractivity contribution in [1.82, 2.24) is 4.98 Å². The second kappa shape index (κ2) is 5.23. The minimum atomic E-state index is 0.532.